The molecule has 2 fully saturated rings. The monoisotopic (exact) mass is 409 g/mol. The van der Waals surface area contributed by atoms with Crippen LogP contribution < -0.4 is 0 Å². The van der Waals surface area contributed by atoms with Crippen molar-refractivity contribution in [3.63, 3.8) is 0 Å². The number of ether oxygens (including phenoxy) is 1. The number of nitrogens with one attached hydrogen (secondary N) is 1. The van der Waals surface area contributed by atoms with E-state index in [2.05, 4.69) is 10.2 Å². The van der Waals surface area contributed by atoms with Crippen molar-refractivity contribution in [2.75, 3.05) is 20.2 Å². The van der Waals surface area contributed by atoms with Crippen LogP contribution in [0.4, 0.5) is 0 Å². The number of nitrogens with zero attached hydrogens (tertiary/aromatic N) is 2. The lowest BCUT2D eigenvalue weighted by molar-refractivity contribution is -0.0184. The van der Waals surface area contributed by atoms with Crippen LogP contribution in [-0.4, -0.2) is 49.2 Å². The Bertz CT molecular complexity index is 934. The van der Waals surface area contributed by atoms with Crippen LogP contribution in [0.5, 0.6) is 0 Å². The highest BCUT2D eigenvalue weighted by Gasteiger charge is 2.48. The Kier molecular flexibility index (Phi) is 4.95. The molecule has 1 unspecified atom stereocenters. The number of aryl methyl sites for hydroxylation is 2. The van der Waals surface area contributed by atoms with Crippen molar-refractivity contribution >= 4 is 21.4 Å². The van der Waals surface area contributed by atoms with Gasteiger partial charge in [-0.2, -0.15) is 9.40 Å². The summed E-state index contributed by atoms with van der Waals surface area (Å²) in [5.74, 6) is 0. The zero-order valence-corrected chi connectivity index (χ0v) is 17.8. The molecule has 0 aromatic carbocycles. The minimum absolute atomic E-state index is 0.0217. The molecule has 148 valence electrons. The molecule has 8 heteroatoms. The smallest absolute Gasteiger partial charge is 0.244 e. The predicted octanol–water partition coefficient (Wildman–Crippen LogP) is 3.72. The molecule has 2 aliphatic rings. The van der Waals surface area contributed by atoms with E-state index >= 15 is 0 Å². The second-order valence-electron chi connectivity index (χ2n) is 7.89. The van der Waals surface area contributed by atoms with Gasteiger partial charge in [0.2, 0.25) is 10.0 Å². The molecular formula is C19H27N3O3S2. The van der Waals surface area contributed by atoms with Gasteiger partial charge in [-0.1, -0.05) is 6.42 Å². The standard InChI is InChI=1S/C19H27N3O3S2/c1-13-10-15(21-20-13)16-11-17(14(2)26-16)27(23,24)22-9-5-8-19(12-22)7-4-6-18(19)25-3/h10-11,18H,4-9,12H2,1-3H3,(H,20,21)/t18?,19-/m1/s1. The van der Waals surface area contributed by atoms with Crippen molar-refractivity contribution in [1.82, 2.24) is 14.5 Å². The number of piperidine rings is 1. The first-order valence-corrected chi connectivity index (χ1v) is 11.8. The number of aromatic amines is 1. The number of rotatable bonds is 4. The summed E-state index contributed by atoms with van der Waals surface area (Å²) < 4.78 is 34.3. The maximum absolute atomic E-state index is 13.5. The van der Waals surface area contributed by atoms with Crippen LogP contribution in [0.15, 0.2) is 17.0 Å². The van der Waals surface area contributed by atoms with Crippen LogP contribution in [0.25, 0.3) is 10.6 Å². The van der Waals surface area contributed by atoms with Crippen molar-refractivity contribution in [2.45, 2.75) is 57.0 Å². The molecule has 1 saturated carbocycles. The Morgan fingerprint density at radius 3 is 2.78 bits per heavy atom. The minimum Gasteiger partial charge on any atom is -0.381 e. The van der Waals surface area contributed by atoms with Gasteiger partial charge >= 0.3 is 0 Å². The zero-order valence-electron chi connectivity index (χ0n) is 16.1. The van der Waals surface area contributed by atoms with Gasteiger partial charge < -0.3 is 4.74 Å². The quantitative estimate of drug-likeness (QED) is 0.835. The van der Waals surface area contributed by atoms with E-state index in [9.17, 15) is 8.42 Å². The van der Waals surface area contributed by atoms with E-state index in [4.69, 9.17) is 4.74 Å². The van der Waals surface area contributed by atoms with E-state index in [0.29, 0.717) is 18.0 Å². The van der Waals surface area contributed by atoms with Gasteiger partial charge in [-0.3, -0.25) is 5.10 Å². The average Bonchev–Trinajstić information content (AvgIpc) is 3.34. The molecule has 4 rings (SSSR count). The van der Waals surface area contributed by atoms with Crippen LogP contribution in [-0.2, 0) is 14.8 Å². The molecule has 2 aromatic rings. The van der Waals surface area contributed by atoms with Gasteiger partial charge in [-0.15, -0.1) is 11.3 Å². The first-order chi connectivity index (χ1) is 12.9. The summed E-state index contributed by atoms with van der Waals surface area (Å²) in [5, 5.41) is 7.20. The summed E-state index contributed by atoms with van der Waals surface area (Å²) in [6.45, 7) is 4.98. The first-order valence-electron chi connectivity index (χ1n) is 9.51. The number of hydrogen-bond donors (Lipinski definition) is 1. The molecule has 1 aliphatic carbocycles. The summed E-state index contributed by atoms with van der Waals surface area (Å²) in [7, 11) is -1.76. The number of sulfonamides is 1. The number of thiophene rings is 1. The van der Waals surface area contributed by atoms with Gasteiger partial charge in [0, 0.05) is 36.2 Å². The minimum atomic E-state index is -3.52. The fourth-order valence-corrected chi connectivity index (χ4v) is 7.89. The SMILES string of the molecule is COC1CCC[C@]12CCCN(S(=O)(=O)c1cc(-c3cc(C)[nH]n3)sc1C)C2. The average molecular weight is 410 g/mol. The lowest BCUT2D eigenvalue weighted by atomic mass is 9.77. The highest BCUT2D eigenvalue weighted by atomic mass is 32.2. The van der Waals surface area contributed by atoms with Gasteiger partial charge in [0.15, 0.2) is 0 Å². The van der Waals surface area contributed by atoms with Crippen LogP contribution in [0.1, 0.15) is 42.7 Å². The molecule has 1 N–H and O–H groups in total. The molecule has 6 nitrogen and oxygen atoms in total. The Labute approximate surface area is 165 Å². The molecule has 2 aromatic heterocycles. The molecule has 0 amide bonds. The van der Waals surface area contributed by atoms with E-state index in [-0.39, 0.29) is 11.5 Å². The number of hydrogen-bond acceptors (Lipinski definition) is 5. The predicted molar refractivity (Wildman–Crippen MR) is 106 cm³/mol. The van der Waals surface area contributed by atoms with Gasteiger partial charge in [0.1, 0.15) is 5.69 Å². The Morgan fingerprint density at radius 2 is 2.07 bits per heavy atom. The Hall–Kier alpha value is -1.22. The van der Waals surface area contributed by atoms with E-state index in [1.807, 2.05) is 19.9 Å². The third kappa shape index (κ3) is 3.26. The van der Waals surface area contributed by atoms with Crippen molar-refractivity contribution in [2.24, 2.45) is 5.41 Å². The van der Waals surface area contributed by atoms with Crippen LogP contribution in [0, 0.1) is 19.3 Å². The zero-order chi connectivity index (χ0) is 19.2. The van der Waals surface area contributed by atoms with Crippen LogP contribution in [0.2, 0.25) is 0 Å². The second kappa shape index (κ2) is 6.99. The summed E-state index contributed by atoms with van der Waals surface area (Å²) in [4.78, 5) is 2.13. The molecule has 1 saturated heterocycles. The maximum atomic E-state index is 13.5. The highest BCUT2D eigenvalue weighted by Crippen LogP contribution is 2.47. The lowest BCUT2D eigenvalue weighted by Crippen LogP contribution is -2.49. The van der Waals surface area contributed by atoms with Crippen LogP contribution in [0.3, 0.4) is 0 Å². The van der Waals surface area contributed by atoms with Crippen LogP contribution >= 0.6 is 11.3 Å². The van der Waals surface area contributed by atoms with Crippen molar-refractivity contribution in [3.05, 3.63) is 22.7 Å². The maximum Gasteiger partial charge on any atom is 0.244 e. The van der Waals surface area contributed by atoms with E-state index in [1.165, 1.54) is 11.3 Å². The molecule has 2 atom stereocenters. The molecular weight excluding hydrogens is 382 g/mol. The number of aromatic nitrogens is 2. The molecule has 0 bridgehead atoms. The number of H-pyrrole nitrogens is 1. The lowest BCUT2D eigenvalue weighted by Gasteiger charge is -2.42. The van der Waals surface area contributed by atoms with Gasteiger partial charge in [0.25, 0.3) is 0 Å². The normalized spacial score (nSPS) is 26.9. The summed E-state index contributed by atoms with van der Waals surface area (Å²) in [6.07, 6.45) is 5.32. The van der Waals surface area contributed by atoms with Gasteiger partial charge in [-0.25, -0.2) is 8.42 Å². The fourth-order valence-electron chi connectivity index (χ4n) is 4.79. The summed E-state index contributed by atoms with van der Waals surface area (Å²) in [5.41, 5.74) is 1.74. The Morgan fingerprint density at radius 1 is 1.30 bits per heavy atom. The Balaban J connectivity index is 1.64. The topological polar surface area (TPSA) is 75.3 Å². The summed E-state index contributed by atoms with van der Waals surface area (Å²) >= 11 is 1.49. The molecule has 27 heavy (non-hydrogen) atoms. The largest absolute Gasteiger partial charge is 0.381 e. The molecule has 1 spiro atoms. The van der Waals surface area contributed by atoms with Crippen molar-refractivity contribution < 1.29 is 13.2 Å². The molecule has 0 radical (unpaired) electrons. The highest BCUT2D eigenvalue weighted by molar-refractivity contribution is 7.89. The first kappa shape index (κ1) is 19.1. The van der Waals surface area contributed by atoms with Gasteiger partial charge in [-0.05, 0) is 51.7 Å². The third-order valence-corrected chi connectivity index (χ3v) is 9.30. The summed E-state index contributed by atoms with van der Waals surface area (Å²) in [6, 6.07) is 3.73. The van der Waals surface area contributed by atoms with Crippen molar-refractivity contribution in [3.8, 4) is 10.6 Å². The molecule has 1 aliphatic heterocycles. The van der Waals surface area contributed by atoms with E-state index in [1.54, 1.807) is 17.5 Å². The molecule has 3 heterocycles. The fraction of sp³-hybridized carbons (Fsp3) is 0.632. The number of methoxy groups -OCH3 is 1. The second-order valence-corrected chi connectivity index (χ2v) is 11.1. The van der Waals surface area contributed by atoms with Gasteiger partial charge in [0.05, 0.1) is 15.9 Å². The van der Waals surface area contributed by atoms with E-state index < -0.39 is 10.0 Å². The van der Waals surface area contributed by atoms with E-state index in [0.717, 1.165) is 53.2 Å². The third-order valence-electron chi connectivity index (χ3n) is 6.13. The van der Waals surface area contributed by atoms with Crippen molar-refractivity contribution in [1.29, 1.82) is 0 Å².